The van der Waals surface area contributed by atoms with Gasteiger partial charge in [-0.2, -0.15) is 0 Å². The van der Waals surface area contributed by atoms with Crippen molar-refractivity contribution in [3.05, 3.63) is 65.2 Å². The van der Waals surface area contributed by atoms with Gasteiger partial charge in [-0.1, -0.05) is 18.2 Å². The van der Waals surface area contributed by atoms with Crippen LogP contribution in [-0.2, 0) is 12.8 Å². The molecule has 0 saturated carbocycles. The van der Waals surface area contributed by atoms with Crippen molar-refractivity contribution in [2.24, 2.45) is 0 Å². The Kier molecular flexibility index (Phi) is 4.30. The minimum absolute atomic E-state index is 0.162. The maximum Gasteiger partial charge on any atom is 0.123 e. The van der Waals surface area contributed by atoms with Gasteiger partial charge in [0.1, 0.15) is 5.82 Å². The summed E-state index contributed by atoms with van der Waals surface area (Å²) in [6.45, 7) is 0. The fourth-order valence-electron chi connectivity index (χ4n) is 3.40. The van der Waals surface area contributed by atoms with Crippen molar-refractivity contribution in [2.75, 3.05) is 7.05 Å². The highest BCUT2D eigenvalue weighted by atomic mass is 19.1. The largest absolute Gasteiger partial charge is 0.316 e. The molecule has 1 aliphatic rings. The number of nitrogens with zero attached hydrogens (tertiary/aromatic N) is 1. The van der Waals surface area contributed by atoms with Crippen LogP contribution in [0.1, 0.15) is 35.6 Å². The van der Waals surface area contributed by atoms with Gasteiger partial charge < -0.3 is 5.32 Å². The molecular weight excluding hydrogens is 263 g/mol. The van der Waals surface area contributed by atoms with Crippen LogP contribution < -0.4 is 5.32 Å². The number of fused-ring (bicyclic) bond motifs is 1. The average Bonchev–Trinajstić information content (AvgIpc) is 2.52. The van der Waals surface area contributed by atoms with Crippen molar-refractivity contribution < 1.29 is 4.39 Å². The van der Waals surface area contributed by atoms with Gasteiger partial charge in [0.2, 0.25) is 0 Å². The third-order valence-electron chi connectivity index (χ3n) is 4.44. The summed E-state index contributed by atoms with van der Waals surface area (Å²) < 4.78 is 13.4. The Morgan fingerprint density at radius 3 is 3.05 bits per heavy atom. The molecule has 1 aromatic carbocycles. The molecule has 3 heteroatoms. The molecule has 2 aromatic rings. The molecule has 110 valence electrons. The number of nitrogens with one attached hydrogen (secondary N) is 1. The number of benzene rings is 1. The van der Waals surface area contributed by atoms with E-state index in [1.165, 1.54) is 23.7 Å². The predicted octanol–water partition coefficient (Wildman–Crippen LogP) is 3.47. The third-order valence-corrected chi connectivity index (χ3v) is 4.44. The molecule has 1 heterocycles. The summed E-state index contributed by atoms with van der Waals surface area (Å²) in [5.74, 6) is 0.243. The molecule has 1 N–H and O–H groups in total. The van der Waals surface area contributed by atoms with Gasteiger partial charge in [-0.25, -0.2) is 4.39 Å². The molecule has 0 bridgehead atoms. The van der Waals surface area contributed by atoms with E-state index >= 15 is 0 Å². The standard InChI is InChI=1S/C18H21FN2/c1-20-17(12-13-5-2-8-15(19)11-13)16-9-3-6-14-7-4-10-21-18(14)16/h2,4-5,7-8,10-11,16-17,20H,3,6,9,12H2,1H3. The summed E-state index contributed by atoms with van der Waals surface area (Å²) in [4.78, 5) is 4.61. The van der Waals surface area contributed by atoms with Crippen LogP contribution in [0.2, 0.25) is 0 Å². The molecule has 0 aliphatic heterocycles. The lowest BCUT2D eigenvalue weighted by molar-refractivity contribution is 0.402. The zero-order valence-electron chi connectivity index (χ0n) is 12.3. The average molecular weight is 284 g/mol. The number of hydrogen-bond acceptors (Lipinski definition) is 2. The van der Waals surface area contributed by atoms with Crippen molar-refractivity contribution in [3.63, 3.8) is 0 Å². The van der Waals surface area contributed by atoms with Gasteiger partial charge >= 0.3 is 0 Å². The first-order chi connectivity index (χ1) is 10.3. The molecule has 0 radical (unpaired) electrons. The van der Waals surface area contributed by atoms with E-state index in [2.05, 4.69) is 16.4 Å². The normalized spacial score (nSPS) is 19.0. The lowest BCUT2D eigenvalue weighted by atomic mass is 9.80. The van der Waals surface area contributed by atoms with Gasteiger partial charge in [0, 0.05) is 23.9 Å². The summed E-state index contributed by atoms with van der Waals surface area (Å²) in [6.07, 6.45) is 6.17. The monoisotopic (exact) mass is 284 g/mol. The number of halogens is 1. The van der Waals surface area contributed by atoms with Crippen LogP contribution in [-0.4, -0.2) is 18.1 Å². The van der Waals surface area contributed by atoms with E-state index in [9.17, 15) is 4.39 Å². The zero-order valence-corrected chi connectivity index (χ0v) is 12.3. The second-order valence-electron chi connectivity index (χ2n) is 5.78. The van der Waals surface area contributed by atoms with E-state index in [4.69, 9.17) is 0 Å². The summed E-state index contributed by atoms with van der Waals surface area (Å²) in [6, 6.07) is 11.4. The fourth-order valence-corrected chi connectivity index (χ4v) is 3.40. The van der Waals surface area contributed by atoms with Crippen molar-refractivity contribution in [1.82, 2.24) is 10.3 Å². The molecule has 2 nitrogen and oxygen atoms in total. The highest BCUT2D eigenvalue weighted by Crippen LogP contribution is 2.33. The quantitative estimate of drug-likeness (QED) is 0.930. The molecule has 21 heavy (non-hydrogen) atoms. The Bertz CT molecular complexity index is 612. The highest BCUT2D eigenvalue weighted by molar-refractivity contribution is 5.28. The van der Waals surface area contributed by atoms with E-state index in [1.807, 2.05) is 25.4 Å². The molecule has 1 aliphatic carbocycles. The van der Waals surface area contributed by atoms with E-state index in [0.29, 0.717) is 12.0 Å². The molecule has 1 aromatic heterocycles. The van der Waals surface area contributed by atoms with Gasteiger partial charge in [0.15, 0.2) is 0 Å². The second-order valence-corrected chi connectivity index (χ2v) is 5.78. The zero-order chi connectivity index (χ0) is 14.7. The minimum atomic E-state index is -0.162. The molecule has 0 saturated heterocycles. The smallest absolute Gasteiger partial charge is 0.123 e. The Labute approximate surface area is 125 Å². The number of aromatic nitrogens is 1. The maximum absolute atomic E-state index is 13.4. The molecule has 0 fully saturated rings. The summed E-state index contributed by atoms with van der Waals surface area (Å²) in [7, 11) is 1.99. The van der Waals surface area contributed by atoms with Gasteiger partial charge in [-0.05, 0) is 62.1 Å². The van der Waals surface area contributed by atoms with Crippen LogP contribution in [0.4, 0.5) is 4.39 Å². The lowest BCUT2D eigenvalue weighted by Crippen LogP contribution is -2.36. The van der Waals surface area contributed by atoms with Crippen molar-refractivity contribution in [1.29, 1.82) is 0 Å². The van der Waals surface area contributed by atoms with Crippen LogP contribution in [0.5, 0.6) is 0 Å². The minimum Gasteiger partial charge on any atom is -0.316 e. The SMILES string of the molecule is CNC(Cc1cccc(F)c1)C1CCCc2cccnc21. The van der Waals surface area contributed by atoms with Gasteiger partial charge in [-0.3, -0.25) is 4.98 Å². The van der Waals surface area contributed by atoms with Crippen LogP contribution in [0, 0.1) is 5.82 Å². The van der Waals surface area contributed by atoms with Crippen LogP contribution >= 0.6 is 0 Å². The van der Waals surface area contributed by atoms with Gasteiger partial charge in [0.05, 0.1) is 0 Å². The Balaban J connectivity index is 1.84. The molecule has 3 rings (SSSR count). The Morgan fingerprint density at radius 1 is 1.33 bits per heavy atom. The number of aryl methyl sites for hydroxylation is 1. The molecular formula is C18H21FN2. The van der Waals surface area contributed by atoms with Crippen LogP contribution in [0.15, 0.2) is 42.6 Å². The third kappa shape index (κ3) is 3.13. The Morgan fingerprint density at radius 2 is 2.24 bits per heavy atom. The molecule has 2 atom stereocenters. The second kappa shape index (κ2) is 6.35. The highest BCUT2D eigenvalue weighted by Gasteiger charge is 2.28. The fraction of sp³-hybridized carbons (Fsp3) is 0.389. The summed E-state index contributed by atoms with van der Waals surface area (Å²) in [5.41, 5.74) is 3.63. The predicted molar refractivity (Wildman–Crippen MR) is 82.9 cm³/mol. The van der Waals surface area contributed by atoms with Crippen molar-refractivity contribution in [2.45, 2.75) is 37.6 Å². The van der Waals surface area contributed by atoms with E-state index < -0.39 is 0 Å². The molecule has 0 amide bonds. The van der Waals surface area contributed by atoms with Crippen LogP contribution in [0.25, 0.3) is 0 Å². The van der Waals surface area contributed by atoms with E-state index in [-0.39, 0.29) is 5.82 Å². The van der Waals surface area contributed by atoms with E-state index in [0.717, 1.165) is 24.8 Å². The lowest BCUT2D eigenvalue weighted by Gasteiger charge is -2.31. The molecule has 2 unspecified atom stereocenters. The maximum atomic E-state index is 13.4. The van der Waals surface area contributed by atoms with Crippen molar-refractivity contribution in [3.8, 4) is 0 Å². The first kappa shape index (κ1) is 14.2. The summed E-state index contributed by atoms with van der Waals surface area (Å²) >= 11 is 0. The first-order valence-corrected chi connectivity index (χ1v) is 7.63. The Hall–Kier alpha value is -1.74. The first-order valence-electron chi connectivity index (χ1n) is 7.63. The van der Waals surface area contributed by atoms with E-state index in [1.54, 1.807) is 12.1 Å². The number of pyridine rings is 1. The number of likely N-dealkylation sites (N-methyl/N-ethyl adjacent to an activating group) is 1. The topological polar surface area (TPSA) is 24.9 Å². The van der Waals surface area contributed by atoms with Crippen LogP contribution in [0.3, 0.4) is 0 Å². The molecule has 0 spiro atoms. The summed E-state index contributed by atoms with van der Waals surface area (Å²) in [5, 5.41) is 3.42. The van der Waals surface area contributed by atoms with Gasteiger partial charge in [0.25, 0.3) is 0 Å². The number of hydrogen-bond donors (Lipinski definition) is 1. The number of rotatable bonds is 4. The van der Waals surface area contributed by atoms with Gasteiger partial charge in [-0.15, -0.1) is 0 Å². The van der Waals surface area contributed by atoms with Crippen molar-refractivity contribution >= 4 is 0 Å².